The van der Waals surface area contributed by atoms with E-state index in [0.717, 1.165) is 24.0 Å². The van der Waals surface area contributed by atoms with Crippen LogP contribution in [0.1, 0.15) is 30.9 Å². The summed E-state index contributed by atoms with van der Waals surface area (Å²) < 4.78 is 32.4. The van der Waals surface area contributed by atoms with Crippen LogP contribution in [0.4, 0.5) is 0 Å². The van der Waals surface area contributed by atoms with E-state index in [4.69, 9.17) is 10.5 Å². The van der Waals surface area contributed by atoms with E-state index in [0.29, 0.717) is 45.8 Å². The van der Waals surface area contributed by atoms with Crippen LogP contribution in [0.5, 0.6) is 0 Å². The van der Waals surface area contributed by atoms with Crippen LogP contribution in [0.15, 0.2) is 23.1 Å². The summed E-state index contributed by atoms with van der Waals surface area (Å²) in [6.45, 7) is 4.62. The molecule has 0 radical (unpaired) electrons. The summed E-state index contributed by atoms with van der Waals surface area (Å²) in [6, 6.07) is 4.77. The third-order valence-corrected chi connectivity index (χ3v) is 6.92. The van der Waals surface area contributed by atoms with E-state index < -0.39 is 16.1 Å². The summed E-state index contributed by atoms with van der Waals surface area (Å²) in [5, 5.41) is 0. The van der Waals surface area contributed by atoms with Crippen LogP contribution < -0.4 is 5.73 Å². The maximum Gasteiger partial charge on any atom is 0.243 e. The zero-order valence-electron chi connectivity index (χ0n) is 15.2. The molecular weight excluding hydrogens is 354 g/mol. The first-order valence-corrected chi connectivity index (χ1v) is 10.6. The van der Waals surface area contributed by atoms with Gasteiger partial charge in [0.25, 0.3) is 0 Å². The average Bonchev–Trinajstić information content (AvgIpc) is 2.67. The van der Waals surface area contributed by atoms with Gasteiger partial charge < -0.3 is 15.4 Å². The van der Waals surface area contributed by atoms with Crippen molar-refractivity contribution in [3.63, 3.8) is 0 Å². The number of fused-ring (bicyclic) bond motifs is 1. The topological polar surface area (TPSA) is 92.9 Å². The Morgan fingerprint density at radius 2 is 1.96 bits per heavy atom. The van der Waals surface area contributed by atoms with Gasteiger partial charge in [-0.3, -0.25) is 4.79 Å². The van der Waals surface area contributed by atoms with Gasteiger partial charge in [-0.05, 0) is 36.1 Å². The highest BCUT2D eigenvalue weighted by Crippen LogP contribution is 2.25. The number of benzene rings is 1. The number of hydrogen-bond acceptors (Lipinski definition) is 5. The van der Waals surface area contributed by atoms with Crippen LogP contribution in [-0.4, -0.2) is 62.4 Å². The number of nitrogens with zero attached hydrogens (tertiary/aromatic N) is 2. The summed E-state index contributed by atoms with van der Waals surface area (Å²) in [5.74, 6) is -0.0565. The molecule has 1 atom stereocenters. The zero-order chi connectivity index (χ0) is 18.7. The predicted octanol–water partition coefficient (Wildman–Crippen LogP) is 0.720. The molecule has 2 N–H and O–H groups in total. The second-order valence-electron chi connectivity index (χ2n) is 6.85. The molecule has 1 fully saturated rings. The Bertz CT molecular complexity index is 760. The molecule has 8 heteroatoms. The van der Waals surface area contributed by atoms with Gasteiger partial charge in [-0.2, -0.15) is 4.31 Å². The standard InChI is InChI=1S/C18H27N3O4S/c1-2-3-17(19)18(22)20-7-6-14-4-5-16(12-15(14)13-20)26(23,24)21-8-10-25-11-9-21/h4-5,12,17H,2-3,6-11,13,19H2,1H3/t17-/m0/s1. The Kier molecular flexibility index (Phi) is 5.96. The number of nitrogens with two attached hydrogens (primary N) is 1. The highest BCUT2D eigenvalue weighted by molar-refractivity contribution is 7.89. The van der Waals surface area contributed by atoms with Gasteiger partial charge >= 0.3 is 0 Å². The third-order valence-electron chi connectivity index (χ3n) is 5.03. The lowest BCUT2D eigenvalue weighted by atomic mass is 9.99. The molecule has 2 aliphatic rings. The molecule has 2 heterocycles. The third kappa shape index (κ3) is 3.93. The molecule has 26 heavy (non-hydrogen) atoms. The van der Waals surface area contributed by atoms with Crippen molar-refractivity contribution in [2.75, 3.05) is 32.8 Å². The van der Waals surface area contributed by atoms with Crippen molar-refractivity contribution in [1.29, 1.82) is 0 Å². The summed E-state index contributed by atoms with van der Waals surface area (Å²) in [7, 11) is -3.53. The molecule has 0 bridgehead atoms. The Hall–Kier alpha value is -1.48. The van der Waals surface area contributed by atoms with E-state index in [1.54, 1.807) is 17.0 Å². The second kappa shape index (κ2) is 8.04. The Labute approximate surface area is 155 Å². The van der Waals surface area contributed by atoms with E-state index in [9.17, 15) is 13.2 Å². The number of rotatable bonds is 5. The first-order chi connectivity index (χ1) is 12.4. The highest BCUT2D eigenvalue weighted by atomic mass is 32.2. The predicted molar refractivity (Wildman–Crippen MR) is 98.0 cm³/mol. The fraction of sp³-hybridized carbons (Fsp3) is 0.611. The molecule has 0 spiro atoms. The molecule has 2 aliphatic heterocycles. The van der Waals surface area contributed by atoms with E-state index in [-0.39, 0.29) is 10.8 Å². The van der Waals surface area contributed by atoms with Crippen LogP contribution in [0.25, 0.3) is 0 Å². The number of carbonyl (C=O) groups excluding carboxylic acids is 1. The minimum Gasteiger partial charge on any atom is -0.379 e. The van der Waals surface area contributed by atoms with E-state index in [2.05, 4.69) is 0 Å². The number of carbonyl (C=O) groups is 1. The zero-order valence-corrected chi connectivity index (χ0v) is 16.0. The number of morpholine rings is 1. The molecule has 0 aromatic heterocycles. The summed E-state index contributed by atoms with van der Waals surface area (Å²) in [5.41, 5.74) is 7.96. The van der Waals surface area contributed by atoms with Crippen molar-refractivity contribution in [2.45, 2.75) is 43.7 Å². The lowest BCUT2D eigenvalue weighted by Gasteiger charge is -2.31. The molecule has 0 unspecified atom stereocenters. The molecule has 0 aliphatic carbocycles. The van der Waals surface area contributed by atoms with Crippen LogP contribution in [-0.2, 0) is 32.5 Å². The summed E-state index contributed by atoms with van der Waals surface area (Å²) in [4.78, 5) is 14.5. The second-order valence-corrected chi connectivity index (χ2v) is 8.79. The molecule has 7 nitrogen and oxygen atoms in total. The SMILES string of the molecule is CCC[C@H](N)C(=O)N1CCc2ccc(S(=O)(=O)N3CCOCC3)cc2C1. The molecule has 0 saturated carbocycles. The average molecular weight is 381 g/mol. The maximum atomic E-state index is 12.9. The number of ether oxygens (including phenoxy) is 1. The number of sulfonamides is 1. The fourth-order valence-electron chi connectivity index (χ4n) is 3.49. The molecule has 1 amide bonds. The highest BCUT2D eigenvalue weighted by Gasteiger charge is 2.29. The smallest absolute Gasteiger partial charge is 0.243 e. The monoisotopic (exact) mass is 381 g/mol. The van der Waals surface area contributed by atoms with Crippen molar-refractivity contribution in [3.8, 4) is 0 Å². The lowest BCUT2D eigenvalue weighted by molar-refractivity contribution is -0.133. The van der Waals surface area contributed by atoms with Gasteiger partial charge in [-0.25, -0.2) is 8.42 Å². The molecule has 1 saturated heterocycles. The van der Waals surface area contributed by atoms with Crippen LogP contribution in [0.3, 0.4) is 0 Å². The van der Waals surface area contributed by atoms with Gasteiger partial charge in [0.15, 0.2) is 0 Å². The van der Waals surface area contributed by atoms with Gasteiger partial charge in [0.1, 0.15) is 0 Å². The van der Waals surface area contributed by atoms with Gasteiger partial charge in [0, 0.05) is 26.2 Å². The summed E-state index contributed by atoms with van der Waals surface area (Å²) >= 11 is 0. The van der Waals surface area contributed by atoms with E-state index in [1.165, 1.54) is 4.31 Å². The minimum atomic E-state index is -3.53. The van der Waals surface area contributed by atoms with Crippen LogP contribution in [0, 0.1) is 0 Å². The largest absolute Gasteiger partial charge is 0.379 e. The summed E-state index contributed by atoms with van der Waals surface area (Å²) in [6.07, 6.45) is 2.24. The van der Waals surface area contributed by atoms with Gasteiger partial charge in [0.2, 0.25) is 15.9 Å². The fourth-order valence-corrected chi connectivity index (χ4v) is 4.95. The van der Waals surface area contributed by atoms with E-state index >= 15 is 0 Å². The van der Waals surface area contributed by atoms with Crippen LogP contribution >= 0.6 is 0 Å². The normalized spacial score (nSPS) is 19.8. The molecule has 144 valence electrons. The van der Waals surface area contributed by atoms with Crippen molar-refractivity contribution < 1.29 is 17.9 Å². The maximum absolute atomic E-state index is 12.9. The van der Waals surface area contributed by atoms with Crippen LogP contribution in [0.2, 0.25) is 0 Å². The van der Waals surface area contributed by atoms with Crippen molar-refractivity contribution in [3.05, 3.63) is 29.3 Å². The Morgan fingerprint density at radius 3 is 2.65 bits per heavy atom. The van der Waals surface area contributed by atoms with E-state index in [1.807, 2.05) is 13.0 Å². The van der Waals surface area contributed by atoms with Gasteiger partial charge in [0.05, 0.1) is 24.2 Å². The van der Waals surface area contributed by atoms with Crippen molar-refractivity contribution >= 4 is 15.9 Å². The molecule has 3 rings (SSSR count). The molecular formula is C18H27N3O4S. The number of hydrogen-bond donors (Lipinski definition) is 1. The Balaban J connectivity index is 1.80. The van der Waals surface area contributed by atoms with Gasteiger partial charge in [-0.1, -0.05) is 19.4 Å². The molecule has 1 aromatic carbocycles. The molecule has 1 aromatic rings. The van der Waals surface area contributed by atoms with Crippen molar-refractivity contribution in [1.82, 2.24) is 9.21 Å². The Morgan fingerprint density at radius 1 is 1.23 bits per heavy atom. The first kappa shape index (κ1) is 19.3. The quantitative estimate of drug-likeness (QED) is 0.811. The van der Waals surface area contributed by atoms with Crippen molar-refractivity contribution in [2.24, 2.45) is 5.73 Å². The number of amides is 1. The first-order valence-electron chi connectivity index (χ1n) is 9.17. The van der Waals surface area contributed by atoms with Gasteiger partial charge in [-0.15, -0.1) is 0 Å². The lowest BCUT2D eigenvalue weighted by Crippen LogP contribution is -2.45. The minimum absolute atomic E-state index is 0.0565.